The lowest BCUT2D eigenvalue weighted by molar-refractivity contribution is -0.137. The van der Waals surface area contributed by atoms with Crippen molar-refractivity contribution in [1.29, 1.82) is 0 Å². The lowest BCUT2D eigenvalue weighted by Crippen LogP contribution is -2.65. The number of carbonyl (C=O) groups is 1. The molecule has 1 saturated heterocycles. The number of rotatable bonds is 4. The number of aliphatic hydroxyl groups excluding tert-OH is 1. The normalized spacial score (nSPS) is 23.4. The van der Waals surface area contributed by atoms with Crippen molar-refractivity contribution < 1.29 is 27.8 Å². The topological polar surface area (TPSA) is 53.0 Å². The number of aryl methyl sites for hydroxylation is 1. The van der Waals surface area contributed by atoms with Crippen LogP contribution in [0.2, 0.25) is 0 Å². The predicted molar refractivity (Wildman–Crippen MR) is 105 cm³/mol. The Morgan fingerprint density at radius 2 is 1.97 bits per heavy atom. The summed E-state index contributed by atoms with van der Waals surface area (Å²) in [7, 11) is 3.63. The number of halogens is 3. The fourth-order valence-corrected chi connectivity index (χ4v) is 3.72. The summed E-state index contributed by atoms with van der Waals surface area (Å²) in [6.07, 6.45) is -4.42. The van der Waals surface area contributed by atoms with Gasteiger partial charge in [-0.05, 0) is 65.8 Å². The van der Waals surface area contributed by atoms with Gasteiger partial charge in [0.25, 0.3) is 0 Å². The van der Waals surface area contributed by atoms with Crippen molar-refractivity contribution in [1.82, 2.24) is 9.80 Å². The smallest absolute Gasteiger partial charge is 0.416 e. The summed E-state index contributed by atoms with van der Waals surface area (Å²) in [4.78, 5) is 16.0. The van der Waals surface area contributed by atoms with Crippen molar-refractivity contribution in [3.63, 3.8) is 0 Å². The van der Waals surface area contributed by atoms with Crippen LogP contribution in [0.1, 0.15) is 44.7 Å². The van der Waals surface area contributed by atoms with Crippen LogP contribution in [-0.2, 0) is 17.3 Å². The first kappa shape index (κ1) is 23.5. The molecule has 2 atom stereocenters. The molecule has 1 fully saturated rings. The van der Waals surface area contributed by atoms with Crippen LogP contribution in [0.4, 0.5) is 18.0 Å². The first-order chi connectivity index (χ1) is 13.2. The van der Waals surface area contributed by atoms with Crippen LogP contribution in [0.5, 0.6) is 0 Å². The number of hydrogen-bond donors (Lipinski definition) is 1. The monoisotopic (exact) mass is 416 g/mol. The van der Waals surface area contributed by atoms with Crippen LogP contribution in [-0.4, -0.2) is 65.4 Å². The van der Waals surface area contributed by atoms with E-state index >= 15 is 0 Å². The van der Waals surface area contributed by atoms with E-state index in [9.17, 15) is 23.1 Å². The summed E-state index contributed by atoms with van der Waals surface area (Å²) in [5.41, 5.74) is -1.55. The summed E-state index contributed by atoms with van der Waals surface area (Å²) in [6.45, 7) is 5.98. The molecule has 1 aliphatic rings. The number of amides is 1. The van der Waals surface area contributed by atoms with Gasteiger partial charge in [0, 0.05) is 13.1 Å². The third-order valence-electron chi connectivity index (χ3n) is 5.40. The van der Waals surface area contributed by atoms with E-state index in [4.69, 9.17) is 4.74 Å². The molecule has 5 nitrogen and oxygen atoms in total. The Bertz CT molecular complexity index is 716. The quantitative estimate of drug-likeness (QED) is 0.808. The summed E-state index contributed by atoms with van der Waals surface area (Å²) >= 11 is 0. The highest BCUT2D eigenvalue weighted by Crippen LogP contribution is 2.33. The second kappa shape index (κ2) is 8.52. The zero-order valence-corrected chi connectivity index (χ0v) is 17.7. The molecule has 8 heteroatoms. The van der Waals surface area contributed by atoms with Crippen LogP contribution in [0.3, 0.4) is 0 Å². The van der Waals surface area contributed by atoms with E-state index in [1.807, 2.05) is 19.0 Å². The molecule has 0 aromatic heterocycles. The summed E-state index contributed by atoms with van der Waals surface area (Å²) in [5, 5.41) is 10.8. The van der Waals surface area contributed by atoms with Gasteiger partial charge in [-0.15, -0.1) is 0 Å². The Morgan fingerprint density at radius 1 is 1.31 bits per heavy atom. The second-order valence-corrected chi connectivity index (χ2v) is 8.90. The number of nitrogens with zero attached hydrogens (tertiary/aromatic N) is 2. The maximum absolute atomic E-state index is 13.0. The molecule has 1 amide bonds. The second-order valence-electron chi connectivity index (χ2n) is 8.90. The van der Waals surface area contributed by atoms with Crippen molar-refractivity contribution >= 4 is 6.09 Å². The van der Waals surface area contributed by atoms with Gasteiger partial charge in [0.15, 0.2) is 0 Å². The average Bonchev–Trinajstić information content (AvgIpc) is 2.59. The van der Waals surface area contributed by atoms with Gasteiger partial charge in [-0.3, -0.25) is 4.90 Å². The molecule has 2 rings (SSSR count). The first-order valence-electron chi connectivity index (χ1n) is 9.74. The van der Waals surface area contributed by atoms with Crippen LogP contribution in [0, 0.1) is 0 Å². The number of likely N-dealkylation sites (N-methyl/N-ethyl adjacent to an activating group) is 1. The highest BCUT2D eigenvalue weighted by Gasteiger charge is 2.46. The van der Waals surface area contributed by atoms with Crippen molar-refractivity contribution in [2.24, 2.45) is 0 Å². The molecule has 1 aromatic rings. The van der Waals surface area contributed by atoms with E-state index in [0.717, 1.165) is 12.1 Å². The summed E-state index contributed by atoms with van der Waals surface area (Å²) < 4.78 is 44.5. The molecule has 1 heterocycles. The zero-order chi connectivity index (χ0) is 22.0. The number of carbonyl (C=O) groups excluding carboxylic acids is 1. The Balaban J connectivity index is 2.20. The minimum Gasteiger partial charge on any atom is -0.444 e. The highest BCUT2D eigenvalue weighted by atomic mass is 19.4. The van der Waals surface area contributed by atoms with Crippen molar-refractivity contribution in [3.05, 3.63) is 35.4 Å². The van der Waals surface area contributed by atoms with Crippen LogP contribution < -0.4 is 0 Å². The highest BCUT2D eigenvalue weighted by molar-refractivity contribution is 5.68. The fraction of sp³-hybridized carbons (Fsp3) is 0.667. The Kier molecular flexibility index (Phi) is 6.89. The van der Waals surface area contributed by atoms with Gasteiger partial charge in [0.05, 0.1) is 17.2 Å². The van der Waals surface area contributed by atoms with E-state index in [2.05, 4.69) is 0 Å². The number of benzene rings is 1. The van der Waals surface area contributed by atoms with Gasteiger partial charge in [0.1, 0.15) is 5.60 Å². The van der Waals surface area contributed by atoms with Gasteiger partial charge >= 0.3 is 12.3 Å². The molecular formula is C21H31F3N2O3. The molecule has 0 bridgehead atoms. The minimum absolute atomic E-state index is 0.245. The van der Waals surface area contributed by atoms with E-state index in [1.165, 1.54) is 6.07 Å². The Morgan fingerprint density at radius 3 is 2.52 bits per heavy atom. The van der Waals surface area contributed by atoms with Gasteiger partial charge in [-0.25, -0.2) is 4.79 Å². The largest absolute Gasteiger partial charge is 0.444 e. The first-order valence-corrected chi connectivity index (χ1v) is 9.74. The summed E-state index contributed by atoms with van der Waals surface area (Å²) in [6, 6.07) is 5.24. The lowest BCUT2D eigenvalue weighted by Gasteiger charge is -2.50. The van der Waals surface area contributed by atoms with Crippen LogP contribution >= 0.6 is 0 Å². The molecule has 0 aliphatic carbocycles. The standard InChI is InChI=1S/C21H31F3N2O3/c1-19(2,3)29-18(28)26-12-10-17(27)20(14-26,25(4)5)11-9-15-7-6-8-16(13-15)21(22,23)24/h6-8,13,17,27H,9-12,14H2,1-5H3/t17?,20-/m0/s1. The molecule has 0 saturated carbocycles. The molecule has 164 valence electrons. The van der Waals surface area contributed by atoms with E-state index in [-0.39, 0.29) is 6.54 Å². The maximum atomic E-state index is 13.0. The van der Waals surface area contributed by atoms with Crippen LogP contribution in [0.15, 0.2) is 24.3 Å². The molecular weight excluding hydrogens is 385 g/mol. The Hall–Kier alpha value is -1.80. The number of ether oxygens (including phenoxy) is 1. The third-order valence-corrected chi connectivity index (χ3v) is 5.40. The van der Waals surface area contributed by atoms with Gasteiger partial charge in [-0.1, -0.05) is 18.2 Å². The Labute approximate surface area is 170 Å². The molecule has 29 heavy (non-hydrogen) atoms. The number of piperidine rings is 1. The van der Waals surface area contributed by atoms with Crippen molar-refractivity contribution in [2.45, 2.75) is 63.5 Å². The molecule has 1 N–H and O–H groups in total. The zero-order valence-electron chi connectivity index (χ0n) is 17.7. The molecule has 0 spiro atoms. The van der Waals surface area contributed by atoms with Gasteiger partial charge < -0.3 is 14.7 Å². The maximum Gasteiger partial charge on any atom is 0.416 e. The molecule has 1 unspecified atom stereocenters. The van der Waals surface area contributed by atoms with E-state index < -0.39 is 35.1 Å². The number of alkyl halides is 3. The SMILES string of the molecule is CN(C)[C@@]1(CCc2cccc(C(F)(F)F)c2)CN(C(=O)OC(C)(C)C)CCC1O. The fourth-order valence-electron chi connectivity index (χ4n) is 3.72. The number of likely N-dealkylation sites (tertiary alicyclic amines) is 1. The lowest BCUT2D eigenvalue weighted by atomic mass is 9.80. The van der Waals surface area contributed by atoms with E-state index in [1.54, 1.807) is 31.7 Å². The predicted octanol–water partition coefficient (Wildman–Crippen LogP) is 3.94. The molecule has 1 aromatic carbocycles. The average molecular weight is 416 g/mol. The van der Waals surface area contributed by atoms with Gasteiger partial charge in [0.2, 0.25) is 0 Å². The van der Waals surface area contributed by atoms with Crippen LogP contribution in [0.25, 0.3) is 0 Å². The minimum atomic E-state index is -4.40. The third kappa shape index (κ3) is 5.85. The van der Waals surface area contributed by atoms with Gasteiger partial charge in [-0.2, -0.15) is 13.2 Å². The van der Waals surface area contributed by atoms with Crippen molar-refractivity contribution in [3.8, 4) is 0 Å². The number of aliphatic hydroxyl groups is 1. The number of hydrogen-bond acceptors (Lipinski definition) is 4. The molecule has 0 radical (unpaired) electrons. The molecule has 1 aliphatic heterocycles. The summed E-state index contributed by atoms with van der Waals surface area (Å²) in [5.74, 6) is 0. The van der Waals surface area contributed by atoms with Crippen molar-refractivity contribution in [2.75, 3.05) is 27.2 Å². The van der Waals surface area contributed by atoms with E-state index in [0.29, 0.717) is 31.4 Å².